The quantitative estimate of drug-likeness (QED) is 0.866. The van der Waals surface area contributed by atoms with E-state index in [1.54, 1.807) is 20.8 Å². The zero-order valence-electron chi connectivity index (χ0n) is 9.62. The maximum atomic E-state index is 12.8. The molecule has 0 aromatic heterocycles. The molecule has 0 atom stereocenters. The first kappa shape index (κ1) is 14.4. The Labute approximate surface area is 105 Å². The maximum Gasteiger partial charge on any atom is 0.263 e. The number of hydrogen-bond acceptors (Lipinski definition) is 3. The molecule has 0 aliphatic heterocycles. The van der Waals surface area contributed by atoms with Gasteiger partial charge in [-0.1, -0.05) is 16.5 Å². The van der Waals surface area contributed by atoms with Crippen LogP contribution >= 0.6 is 11.6 Å². The van der Waals surface area contributed by atoms with Crippen molar-refractivity contribution >= 4 is 21.6 Å². The van der Waals surface area contributed by atoms with E-state index < -0.39 is 21.4 Å². The van der Waals surface area contributed by atoms with Gasteiger partial charge in [-0.25, -0.2) is 12.8 Å². The molecule has 0 unspecified atom stereocenters. The van der Waals surface area contributed by atoms with Crippen LogP contribution in [-0.2, 0) is 14.9 Å². The number of sulfonamides is 1. The summed E-state index contributed by atoms with van der Waals surface area (Å²) in [5, 5.41) is -0.199. The molecular weight excluding hydrogens is 269 g/mol. The Morgan fingerprint density at radius 3 is 2.41 bits per heavy atom. The molecule has 0 fully saturated rings. The molecule has 0 spiro atoms. The molecule has 0 radical (unpaired) electrons. The van der Waals surface area contributed by atoms with Gasteiger partial charge in [0.15, 0.2) is 0 Å². The Bertz CT molecular complexity index is 511. The van der Waals surface area contributed by atoms with E-state index in [9.17, 15) is 12.8 Å². The molecule has 1 aromatic rings. The fraction of sp³-hybridized carbons (Fsp3) is 0.400. The molecule has 0 amide bonds. The van der Waals surface area contributed by atoms with Gasteiger partial charge in [-0.2, -0.15) is 0 Å². The molecule has 1 aromatic carbocycles. The van der Waals surface area contributed by atoms with Gasteiger partial charge in [-0.15, -0.1) is 0 Å². The van der Waals surface area contributed by atoms with Gasteiger partial charge in [-0.05, 0) is 39.0 Å². The predicted octanol–water partition coefficient (Wildman–Crippen LogP) is 2.49. The van der Waals surface area contributed by atoms with Crippen molar-refractivity contribution in [2.75, 3.05) is 0 Å². The highest BCUT2D eigenvalue weighted by Gasteiger charge is 2.21. The van der Waals surface area contributed by atoms with Crippen LogP contribution in [0.3, 0.4) is 0 Å². The smallest absolute Gasteiger partial charge is 0.263 e. The van der Waals surface area contributed by atoms with Crippen LogP contribution in [-0.4, -0.2) is 14.0 Å². The van der Waals surface area contributed by atoms with Gasteiger partial charge in [0.2, 0.25) is 0 Å². The summed E-state index contributed by atoms with van der Waals surface area (Å²) in [5.74, 6) is -0.606. The van der Waals surface area contributed by atoms with Crippen molar-refractivity contribution in [2.24, 2.45) is 0 Å². The Morgan fingerprint density at radius 1 is 1.35 bits per heavy atom. The standard InChI is InChI=1S/C10H13ClFNO3S/c1-10(2,3)16-13-17(14,15)9-5-4-7(12)6-8(9)11/h4-6,13H,1-3H3. The van der Waals surface area contributed by atoms with Gasteiger partial charge >= 0.3 is 0 Å². The molecule has 0 aliphatic rings. The summed E-state index contributed by atoms with van der Waals surface area (Å²) in [6.07, 6.45) is 0. The fourth-order valence-corrected chi connectivity index (χ4v) is 2.40. The van der Waals surface area contributed by atoms with Crippen LogP contribution in [0.4, 0.5) is 4.39 Å². The van der Waals surface area contributed by atoms with E-state index in [2.05, 4.69) is 0 Å². The van der Waals surface area contributed by atoms with Crippen molar-refractivity contribution in [3.05, 3.63) is 29.0 Å². The van der Waals surface area contributed by atoms with Crippen LogP contribution in [0.5, 0.6) is 0 Å². The zero-order chi connectivity index (χ0) is 13.3. The number of rotatable bonds is 3. The summed E-state index contributed by atoms with van der Waals surface area (Å²) in [5.41, 5.74) is -0.681. The number of hydrogen-bond donors (Lipinski definition) is 1. The Kier molecular flexibility index (Phi) is 4.14. The van der Waals surface area contributed by atoms with E-state index in [4.69, 9.17) is 16.4 Å². The van der Waals surface area contributed by atoms with E-state index in [0.717, 1.165) is 18.2 Å². The van der Waals surface area contributed by atoms with Crippen LogP contribution in [0.15, 0.2) is 23.1 Å². The molecule has 7 heteroatoms. The van der Waals surface area contributed by atoms with E-state index in [0.29, 0.717) is 0 Å². The summed E-state index contributed by atoms with van der Waals surface area (Å²) >= 11 is 5.65. The number of halogens is 2. The lowest BCUT2D eigenvalue weighted by Gasteiger charge is -2.19. The molecule has 0 bridgehead atoms. The summed E-state index contributed by atoms with van der Waals surface area (Å²) in [4.78, 5) is 6.65. The monoisotopic (exact) mass is 281 g/mol. The topological polar surface area (TPSA) is 55.4 Å². The summed E-state index contributed by atoms with van der Waals surface area (Å²) in [7, 11) is -3.91. The van der Waals surface area contributed by atoms with Crippen molar-refractivity contribution < 1.29 is 17.6 Å². The highest BCUT2D eigenvalue weighted by molar-refractivity contribution is 7.89. The number of benzene rings is 1. The lowest BCUT2D eigenvalue weighted by molar-refractivity contribution is -0.0357. The lowest BCUT2D eigenvalue weighted by atomic mass is 10.2. The molecule has 0 heterocycles. The van der Waals surface area contributed by atoms with Gasteiger partial charge in [0.25, 0.3) is 10.0 Å². The molecule has 4 nitrogen and oxygen atoms in total. The van der Waals surface area contributed by atoms with Crippen molar-refractivity contribution in [3.8, 4) is 0 Å². The molecule has 1 N–H and O–H groups in total. The highest BCUT2D eigenvalue weighted by atomic mass is 35.5. The van der Waals surface area contributed by atoms with E-state index in [-0.39, 0.29) is 9.92 Å². The third-order valence-corrected chi connectivity index (χ3v) is 3.30. The highest BCUT2D eigenvalue weighted by Crippen LogP contribution is 2.22. The predicted molar refractivity (Wildman–Crippen MR) is 62.6 cm³/mol. The normalized spacial score (nSPS) is 12.8. The van der Waals surface area contributed by atoms with E-state index in [1.165, 1.54) is 0 Å². The first-order valence-electron chi connectivity index (χ1n) is 4.77. The van der Waals surface area contributed by atoms with Crippen LogP contribution in [0.1, 0.15) is 20.8 Å². The average molecular weight is 282 g/mol. The van der Waals surface area contributed by atoms with E-state index in [1.807, 2.05) is 4.89 Å². The summed E-state index contributed by atoms with van der Waals surface area (Å²) in [6, 6.07) is 3.01. The van der Waals surface area contributed by atoms with Crippen molar-refractivity contribution in [1.29, 1.82) is 0 Å². The summed E-state index contributed by atoms with van der Waals surface area (Å²) < 4.78 is 36.3. The number of nitrogens with one attached hydrogen (secondary N) is 1. The minimum atomic E-state index is -3.91. The zero-order valence-corrected chi connectivity index (χ0v) is 11.2. The van der Waals surface area contributed by atoms with Crippen molar-refractivity contribution in [1.82, 2.24) is 4.89 Å². The lowest BCUT2D eigenvalue weighted by Crippen LogP contribution is -2.33. The molecule has 0 saturated heterocycles. The van der Waals surface area contributed by atoms with Gasteiger partial charge in [0.05, 0.1) is 10.6 Å². The van der Waals surface area contributed by atoms with E-state index >= 15 is 0 Å². The largest absolute Gasteiger partial charge is 0.281 e. The van der Waals surface area contributed by atoms with Crippen LogP contribution in [0.25, 0.3) is 0 Å². The SMILES string of the molecule is CC(C)(C)ONS(=O)(=O)c1ccc(F)cc1Cl. The summed E-state index contributed by atoms with van der Waals surface area (Å²) in [6.45, 7) is 5.05. The van der Waals surface area contributed by atoms with Crippen molar-refractivity contribution in [2.45, 2.75) is 31.3 Å². The fourth-order valence-electron chi connectivity index (χ4n) is 0.918. The minimum Gasteiger partial charge on any atom is -0.281 e. The molecule has 17 heavy (non-hydrogen) atoms. The van der Waals surface area contributed by atoms with Gasteiger partial charge in [-0.3, -0.25) is 4.84 Å². The average Bonchev–Trinajstić information content (AvgIpc) is 2.13. The second-order valence-corrected chi connectivity index (χ2v) is 6.40. The van der Waals surface area contributed by atoms with Gasteiger partial charge in [0.1, 0.15) is 10.7 Å². The molecule has 0 aliphatic carbocycles. The first-order valence-corrected chi connectivity index (χ1v) is 6.63. The molecule has 0 saturated carbocycles. The minimum absolute atomic E-state index is 0.199. The maximum absolute atomic E-state index is 12.8. The molecule has 1 rings (SSSR count). The molecular formula is C10H13ClFNO3S. The Balaban J connectivity index is 2.98. The van der Waals surface area contributed by atoms with Gasteiger partial charge in [0, 0.05) is 0 Å². The third kappa shape index (κ3) is 4.23. The van der Waals surface area contributed by atoms with Gasteiger partial charge < -0.3 is 0 Å². The van der Waals surface area contributed by atoms with Crippen molar-refractivity contribution in [3.63, 3.8) is 0 Å². The Hall–Kier alpha value is -0.690. The van der Waals surface area contributed by atoms with Crippen LogP contribution < -0.4 is 4.89 Å². The van der Waals surface area contributed by atoms with Crippen LogP contribution in [0.2, 0.25) is 5.02 Å². The first-order chi connectivity index (χ1) is 7.62. The Morgan fingerprint density at radius 2 is 1.94 bits per heavy atom. The third-order valence-electron chi connectivity index (χ3n) is 1.64. The second kappa shape index (κ2) is 4.89. The van der Waals surface area contributed by atoms with Crippen LogP contribution in [0, 0.1) is 5.82 Å². The molecule has 96 valence electrons. The second-order valence-electron chi connectivity index (χ2n) is 4.38.